The summed E-state index contributed by atoms with van der Waals surface area (Å²) in [5, 5.41) is 4.54. The van der Waals surface area contributed by atoms with Gasteiger partial charge in [-0.2, -0.15) is 0 Å². The predicted octanol–water partition coefficient (Wildman–Crippen LogP) is 5.97. The summed E-state index contributed by atoms with van der Waals surface area (Å²) in [4.78, 5) is 13.7. The molecule has 0 bridgehead atoms. The summed E-state index contributed by atoms with van der Waals surface area (Å²) >= 11 is 0. The Morgan fingerprint density at radius 1 is 0.833 bits per heavy atom. The minimum absolute atomic E-state index is 0.129. The van der Waals surface area contributed by atoms with Gasteiger partial charge in [-0.3, -0.25) is 9.36 Å². The first-order valence-electron chi connectivity index (χ1n) is 12.0. The molecule has 1 amide bonds. The van der Waals surface area contributed by atoms with Crippen molar-refractivity contribution < 1.29 is 27.9 Å². The second kappa shape index (κ2) is 14.7. The zero-order chi connectivity index (χ0) is 25.6. The molecule has 0 saturated heterocycles. The smallest absolute Gasteiger partial charge is 0.347 e. The van der Waals surface area contributed by atoms with E-state index in [1.54, 1.807) is 32.6 Å². The number of nitrogens with one attached hydrogen (secondary N) is 1. The van der Waals surface area contributed by atoms with Crippen LogP contribution in [0.15, 0.2) is 79.0 Å². The van der Waals surface area contributed by atoms with E-state index in [1.807, 2.05) is 66.7 Å². The summed E-state index contributed by atoms with van der Waals surface area (Å²) in [6.45, 7) is 1.14. The van der Waals surface area contributed by atoms with E-state index in [0.29, 0.717) is 31.6 Å². The van der Waals surface area contributed by atoms with Gasteiger partial charge in [0.2, 0.25) is 5.91 Å². The summed E-state index contributed by atoms with van der Waals surface area (Å²) in [5.74, 6) is -0.472. The lowest BCUT2D eigenvalue weighted by Gasteiger charge is -2.27. The molecule has 1 atom stereocenters. The number of carbonyl (C=O) groups excluding carboxylic acids is 1. The monoisotopic (exact) mass is 511 g/mol. The largest absolute Gasteiger partial charge is 0.385 e. The highest BCUT2D eigenvalue weighted by Gasteiger charge is 2.43. The van der Waals surface area contributed by atoms with E-state index in [0.717, 1.165) is 16.3 Å². The number of fused-ring (bicyclic) bond motifs is 1. The normalized spacial score (nSPS) is 12.7. The van der Waals surface area contributed by atoms with Gasteiger partial charge >= 0.3 is 7.60 Å². The van der Waals surface area contributed by atoms with Gasteiger partial charge in [0, 0.05) is 33.6 Å². The Bertz CT molecular complexity index is 1150. The molecule has 0 aliphatic rings. The van der Waals surface area contributed by atoms with Crippen molar-refractivity contribution in [2.24, 2.45) is 0 Å². The highest BCUT2D eigenvalue weighted by molar-refractivity contribution is 7.55. The van der Waals surface area contributed by atoms with Crippen LogP contribution in [0.2, 0.25) is 0 Å². The highest BCUT2D eigenvalue weighted by atomic mass is 31.2. The molecule has 0 aromatic heterocycles. The average Bonchev–Trinajstić information content (AvgIpc) is 2.90. The molecule has 3 aromatic rings. The van der Waals surface area contributed by atoms with Crippen molar-refractivity contribution in [1.82, 2.24) is 5.32 Å². The van der Waals surface area contributed by atoms with Crippen molar-refractivity contribution in [3.8, 4) is 0 Å². The molecule has 0 aliphatic carbocycles. The number of hydrogen-bond donors (Lipinski definition) is 1. The van der Waals surface area contributed by atoms with E-state index in [2.05, 4.69) is 5.32 Å². The van der Waals surface area contributed by atoms with Crippen LogP contribution in [0.5, 0.6) is 0 Å². The van der Waals surface area contributed by atoms with Crippen molar-refractivity contribution in [1.29, 1.82) is 0 Å². The van der Waals surface area contributed by atoms with Crippen LogP contribution in [0.25, 0.3) is 16.8 Å². The first-order valence-corrected chi connectivity index (χ1v) is 13.6. The first-order chi connectivity index (χ1) is 17.6. The zero-order valence-corrected chi connectivity index (χ0v) is 21.7. The van der Waals surface area contributed by atoms with Crippen LogP contribution in [-0.2, 0) is 27.9 Å². The third kappa shape index (κ3) is 7.85. The van der Waals surface area contributed by atoms with Gasteiger partial charge in [-0.05, 0) is 40.8 Å². The molecule has 8 heteroatoms. The van der Waals surface area contributed by atoms with Crippen LogP contribution in [0.1, 0.15) is 29.6 Å². The number of ether oxygens (including phenoxy) is 2. The topological polar surface area (TPSA) is 83.1 Å². The minimum Gasteiger partial charge on any atom is -0.385 e. The summed E-state index contributed by atoms with van der Waals surface area (Å²) < 4.78 is 36.3. The van der Waals surface area contributed by atoms with Gasteiger partial charge in [-0.25, -0.2) is 0 Å². The van der Waals surface area contributed by atoms with E-state index >= 15 is 0 Å². The van der Waals surface area contributed by atoms with Gasteiger partial charge in [0.05, 0.1) is 13.2 Å². The maximum Gasteiger partial charge on any atom is 0.347 e. The number of methoxy groups -OCH3 is 2. The zero-order valence-electron chi connectivity index (χ0n) is 20.8. The molecule has 1 unspecified atom stereocenters. The number of benzene rings is 3. The summed E-state index contributed by atoms with van der Waals surface area (Å²) in [6, 6.07) is 22.9. The van der Waals surface area contributed by atoms with Gasteiger partial charge in [-0.1, -0.05) is 72.8 Å². The number of rotatable bonds is 15. The highest BCUT2D eigenvalue weighted by Crippen LogP contribution is 2.62. The number of carbonyl (C=O) groups is 1. The SMILES string of the molecule is COCCCOP(=O)(OCCCOC)C(C(=O)N/C=C/c1ccccc1)c1cccc2ccccc12. The van der Waals surface area contributed by atoms with E-state index in [1.165, 1.54) is 0 Å². The third-order valence-corrected chi connectivity index (χ3v) is 7.74. The molecule has 1 N–H and O–H groups in total. The molecular formula is C28H34NO6P. The number of amides is 1. The Hall–Kier alpha value is -2.80. The number of hydrogen-bond acceptors (Lipinski definition) is 6. The lowest BCUT2D eigenvalue weighted by atomic mass is 10.0. The standard InChI is InChI=1S/C28H34NO6P/c1-32-19-9-21-34-36(31,35-22-10-20-33-2)27(26-16-8-14-24-13-6-7-15-25(24)26)28(30)29-18-17-23-11-4-3-5-12-23/h3-8,11-18,27H,9-10,19-22H2,1-2H3,(H,29,30)/b18-17+. The fraction of sp³-hybridized carbons (Fsp3) is 0.321. The van der Waals surface area contributed by atoms with Crippen LogP contribution < -0.4 is 5.32 Å². The molecule has 3 aromatic carbocycles. The first kappa shape index (κ1) is 27.8. The Morgan fingerprint density at radius 3 is 2.11 bits per heavy atom. The summed E-state index contributed by atoms with van der Waals surface area (Å²) in [5.41, 5.74) is 0.337. The van der Waals surface area contributed by atoms with E-state index in [9.17, 15) is 9.36 Å². The Kier molecular flexibility index (Phi) is 11.3. The van der Waals surface area contributed by atoms with Crippen LogP contribution in [-0.4, -0.2) is 46.6 Å². The molecular weight excluding hydrogens is 477 g/mol. The fourth-order valence-electron chi connectivity index (χ4n) is 3.78. The van der Waals surface area contributed by atoms with E-state index in [-0.39, 0.29) is 13.2 Å². The molecule has 36 heavy (non-hydrogen) atoms. The van der Waals surface area contributed by atoms with Gasteiger partial charge in [0.1, 0.15) is 0 Å². The van der Waals surface area contributed by atoms with Crippen LogP contribution in [0, 0.1) is 0 Å². The second-order valence-corrected chi connectivity index (χ2v) is 10.2. The Balaban J connectivity index is 1.98. The lowest BCUT2D eigenvalue weighted by molar-refractivity contribution is -0.120. The Labute approximate surface area is 212 Å². The van der Waals surface area contributed by atoms with Crippen molar-refractivity contribution in [2.45, 2.75) is 18.5 Å². The maximum absolute atomic E-state index is 14.3. The van der Waals surface area contributed by atoms with Crippen molar-refractivity contribution in [2.75, 3.05) is 40.6 Å². The van der Waals surface area contributed by atoms with Gasteiger partial charge in [0.15, 0.2) is 5.66 Å². The predicted molar refractivity (Wildman–Crippen MR) is 143 cm³/mol. The quantitative estimate of drug-likeness (QED) is 0.200. The molecule has 0 aliphatic heterocycles. The fourth-order valence-corrected chi connectivity index (χ4v) is 5.85. The van der Waals surface area contributed by atoms with Crippen LogP contribution >= 0.6 is 7.60 Å². The molecule has 0 heterocycles. The Morgan fingerprint density at radius 2 is 1.44 bits per heavy atom. The lowest BCUT2D eigenvalue weighted by Crippen LogP contribution is -2.27. The van der Waals surface area contributed by atoms with Crippen LogP contribution in [0.3, 0.4) is 0 Å². The molecule has 3 rings (SSSR count). The summed E-state index contributed by atoms with van der Waals surface area (Å²) in [7, 11) is -0.782. The molecule has 0 fully saturated rings. The minimum atomic E-state index is -3.96. The molecule has 7 nitrogen and oxygen atoms in total. The van der Waals surface area contributed by atoms with Crippen LogP contribution in [0.4, 0.5) is 0 Å². The van der Waals surface area contributed by atoms with E-state index < -0.39 is 19.2 Å². The van der Waals surface area contributed by atoms with Gasteiger partial charge in [-0.15, -0.1) is 0 Å². The van der Waals surface area contributed by atoms with E-state index in [4.69, 9.17) is 18.5 Å². The second-order valence-electron chi connectivity index (χ2n) is 8.12. The molecule has 0 spiro atoms. The van der Waals surface area contributed by atoms with Crippen molar-refractivity contribution in [3.05, 3.63) is 90.1 Å². The van der Waals surface area contributed by atoms with Crippen molar-refractivity contribution >= 4 is 30.4 Å². The van der Waals surface area contributed by atoms with Gasteiger partial charge < -0.3 is 23.8 Å². The average molecular weight is 512 g/mol. The molecule has 0 radical (unpaired) electrons. The van der Waals surface area contributed by atoms with Gasteiger partial charge in [0.25, 0.3) is 0 Å². The summed E-state index contributed by atoms with van der Waals surface area (Å²) in [6.07, 6.45) is 4.36. The maximum atomic E-state index is 14.3. The molecule has 192 valence electrons. The van der Waals surface area contributed by atoms with Crippen molar-refractivity contribution in [3.63, 3.8) is 0 Å². The molecule has 0 saturated carbocycles. The third-order valence-electron chi connectivity index (χ3n) is 5.51.